The fourth-order valence-electron chi connectivity index (χ4n) is 1.84. The average molecular weight is 241 g/mol. The second kappa shape index (κ2) is 5.58. The van der Waals surface area contributed by atoms with Gasteiger partial charge in [-0.2, -0.15) is 0 Å². The molecule has 0 aliphatic rings. The predicted octanol–water partition coefficient (Wildman–Crippen LogP) is 3.53. The van der Waals surface area contributed by atoms with Crippen molar-refractivity contribution in [2.24, 2.45) is 5.41 Å². The number of benzene rings is 1. The molecule has 0 aliphatic carbocycles. The topological polar surface area (TPSA) is 12.0 Å². The Hall–Kier alpha value is -0.960. The molecule has 3 heteroatoms. The van der Waals surface area contributed by atoms with Crippen LogP contribution in [0.3, 0.4) is 0 Å². The second-order valence-corrected chi connectivity index (χ2v) is 5.42. The number of nitrogens with one attached hydrogen (secondary N) is 1. The molecule has 0 bridgehead atoms. The molecule has 1 N–H and O–H groups in total. The van der Waals surface area contributed by atoms with Gasteiger partial charge >= 0.3 is 0 Å². The summed E-state index contributed by atoms with van der Waals surface area (Å²) in [7, 11) is 0. The molecule has 1 aromatic carbocycles. The van der Waals surface area contributed by atoms with Gasteiger partial charge in [-0.1, -0.05) is 33.8 Å². The van der Waals surface area contributed by atoms with Gasteiger partial charge in [0.15, 0.2) is 0 Å². The molecule has 1 aromatic rings. The van der Waals surface area contributed by atoms with Crippen LogP contribution in [0.15, 0.2) is 18.2 Å². The zero-order chi connectivity index (χ0) is 13.1. The van der Waals surface area contributed by atoms with Gasteiger partial charge < -0.3 is 5.32 Å². The van der Waals surface area contributed by atoms with Crippen molar-refractivity contribution in [3.05, 3.63) is 35.4 Å². The Bertz CT molecular complexity index is 369. The second-order valence-electron chi connectivity index (χ2n) is 5.42. The SMILES string of the molecule is CCNC(Cc1ccc(F)cc1F)C(C)(C)C. The standard InChI is InChI=1S/C14H21F2N/c1-5-17-13(14(2,3)4)8-10-6-7-11(15)9-12(10)16/h6-7,9,13,17H,5,8H2,1-4H3. The first-order valence-corrected chi connectivity index (χ1v) is 6.02. The molecule has 1 nitrogen and oxygen atoms in total. The van der Waals surface area contributed by atoms with Crippen LogP contribution in [0.2, 0.25) is 0 Å². The van der Waals surface area contributed by atoms with Gasteiger partial charge in [-0.05, 0) is 30.0 Å². The lowest BCUT2D eigenvalue weighted by molar-refractivity contribution is 0.268. The van der Waals surface area contributed by atoms with Gasteiger partial charge in [0.05, 0.1) is 0 Å². The third kappa shape index (κ3) is 4.08. The molecule has 17 heavy (non-hydrogen) atoms. The van der Waals surface area contributed by atoms with Crippen molar-refractivity contribution in [1.82, 2.24) is 5.32 Å². The fraction of sp³-hybridized carbons (Fsp3) is 0.571. The van der Waals surface area contributed by atoms with Crippen molar-refractivity contribution in [2.45, 2.75) is 40.2 Å². The lowest BCUT2D eigenvalue weighted by Gasteiger charge is -2.31. The fourth-order valence-corrected chi connectivity index (χ4v) is 1.84. The van der Waals surface area contributed by atoms with E-state index in [1.54, 1.807) is 0 Å². The summed E-state index contributed by atoms with van der Waals surface area (Å²) in [5.74, 6) is -0.987. The third-order valence-electron chi connectivity index (χ3n) is 2.94. The summed E-state index contributed by atoms with van der Waals surface area (Å²) in [6, 6.07) is 3.96. The maximum absolute atomic E-state index is 13.6. The summed E-state index contributed by atoms with van der Waals surface area (Å²) >= 11 is 0. The van der Waals surface area contributed by atoms with Gasteiger partial charge in [0.25, 0.3) is 0 Å². The van der Waals surface area contributed by atoms with E-state index in [2.05, 4.69) is 26.1 Å². The van der Waals surface area contributed by atoms with E-state index in [4.69, 9.17) is 0 Å². The van der Waals surface area contributed by atoms with Crippen LogP contribution in [0.4, 0.5) is 8.78 Å². The Morgan fingerprint density at radius 1 is 1.24 bits per heavy atom. The molecule has 0 spiro atoms. The molecule has 96 valence electrons. The van der Waals surface area contributed by atoms with Crippen LogP contribution >= 0.6 is 0 Å². The Morgan fingerprint density at radius 3 is 2.35 bits per heavy atom. The maximum Gasteiger partial charge on any atom is 0.129 e. The maximum atomic E-state index is 13.6. The van der Waals surface area contributed by atoms with E-state index in [-0.39, 0.29) is 11.5 Å². The van der Waals surface area contributed by atoms with E-state index in [0.29, 0.717) is 12.0 Å². The van der Waals surface area contributed by atoms with Gasteiger partial charge in [-0.3, -0.25) is 0 Å². The highest BCUT2D eigenvalue weighted by molar-refractivity contribution is 5.20. The smallest absolute Gasteiger partial charge is 0.129 e. The van der Waals surface area contributed by atoms with E-state index in [9.17, 15) is 8.78 Å². The minimum Gasteiger partial charge on any atom is -0.313 e. The normalized spacial score (nSPS) is 13.8. The Labute approximate surface area is 102 Å². The Morgan fingerprint density at radius 2 is 1.88 bits per heavy atom. The highest BCUT2D eigenvalue weighted by atomic mass is 19.1. The molecule has 1 unspecified atom stereocenters. The summed E-state index contributed by atoms with van der Waals surface area (Å²) in [6.45, 7) is 9.20. The molecule has 0 aromatic heterocycles. The van der Waals surface area contributed by atoms with Crippen molar-refractivity contribution >= 4 is 0 Å². The van der Waals surface area contributed by atoms with Gasteiger partial charge in [-0.25, -0.2) is 8.78 Å². The summed E-state index contributed by atoms with van der Waals surface area (Å²) in [4.78, 5) is 0. The molecule has 1 rings (SSSR count). The number of halogens is 2. The van der Waals surface area contributed by atoms with Crippen molar-refractivity contribution < 1.29 is 8.78 Å². The van der Waals surface area contributed by atoms with E-state index in [1.807, 2.05) is 6.92 Å². The van der Waals surface area contributed by atoms with Crippen LogP contribution in [-0.2, 0) is 6.42 Å². The molecule has 0 fully saturated rings. The number of hydrogen-bond acceptors (Lipinski definition) is 1. The molecule has 0 radical (unpaired) electrons. The monoisotopic (exact) mass is 241 g/mol. The number of likely N-dealkylation sites (N-methyl/N-ethyl adjacent to an activating group) is 1. The molecule has 0 aliphatic heterocycles. The highest BCUT2D eigenvalue weighted by Gasteiger charge is 2.24. The minimum absolute atomic E-state index is 0.0385. The van der Waals surface area contributed by atoms with Crippen LogP contribution in [0.25, 0.3) is 0 Å². The molecule has 0 amide bonds. The molecular formula is C14H21F2N. The van der Waals surface area contributed by atoms with Crippen LogP contribution in [0, 0.1) is 17.0 Å². The van der Waals surface area contributed by atoms with E-state index >= 15 is 0 Å². The minimum atomic E-state index is -0.526. The van der Waals surface area contributed by atoms with Crippen LogP contribution in [0.5, 0.6) is 0 Å². The summed E-state index contributed by atoms with van der Waals surface area (Å²) in [6.07, 6.45) is 0.573. The molecule has 1 atom stereocenters. The number of hydrogen-bond donors (Lipinski definition) is 1. The van der Waals surface area contributed by atoms with Crippen LogP contribution in [-0.4, -0.2) is 12.6 Å². The van der Waals surface area contributed by atoms with Gasteiger partial charge in [-0.15, -0.1) is 0 Å². The summed E-state index contributed by atoms with van der Waals surface area (Å²) < 4.78 is 26.4. The molecule has 0 saturated carbocycles. The van der Waals surface area contributed by atoms with Crippen molar-refractivity contribution in [3.63, 3.8) is 0 Å². The first kappa shape index (κ1) is 14.1. The van der Waals surface area contributed by atoms with E-state index in [1.165, 1.54) is 12.1 Å². The lowest BCUT2D eigenvalue weighted by Crippen LogP contribution is -2.42. The lowest BCUT2D eigenvalue weighted by atomic mass is 9.83. The summed E-state index contributed by atoms with van der Waals surface area (Å²) in [5.41, 5.74) is 0.601. The summed E-state index contributed by atoms with van der Waals surface area (Å²) in [5, 5.41) is 3.35. The molecular weight excluding hydrogens is 220 g/mol. The zero-order valence-corrected chi connectivity index (χ0v) is 11.0. The van der Waals surface area contributed by atoms with Gasteiger partial charge in [0, 0.05) is 12.1 Å². The first-order chi connectivity index (χ1) is 7.84. The van der Waals surface area contributed by atoms with Crippen molar-refractivity contribution in [3.8, 4) is 0 Å². The molecule has 0 heterocycles. The Kier molecular flexibility index (Phi) is 4.63. The quantitative estimate of drug-likeness (QED) is 0.850. The zero-order valence-electron chi connectivity index (χ0n) is 11.0. The predicted molar refractivity (Wildman–Crippen MR) is 67.0 cm³/mol. The molecule has 0 saturated heterocycles. The number of rotatable bonds is 4. The largest absolute Gasteiger partial charge is 0.313 e. The van der Waals surface area contributed by atoms with Crippen LogP contribution < -0.4 is 5.32 Å². The third-order valence-corrected chi connectivity index (χ3v) is 2.94. The van der Waals surface area contributed by atoms with E-state index < -0.39 is 11.6 Å². The first-order valence-electron chi connectivity index (χ1n) is 6.02. The highest BCUT2D eigenvalue weighted by Crippen LogP contribution is 2.23. The van der Waals surface area contributed by atoms with Gasteiger partial charge in [0.2, 0.25) is 0 Å². The Balaban J connectivity index is 2.86. The van der Waals surface area contributed by atoms with E-state index in [0.717, 1.165) is 12.6 Å². The van der Waals surface area contributed by atoms with Crippen LogP contribution in [0.1, 0.15) is 33.3 Å². The van der Waals surface area contributed by atoms with Crippen molar-refractivity contribution in [2.75, 3.05) is 6.54 Å². The average Bonchev–Trinajstić information content (AvgIpc) is 2.19. The van der Waals surface area contributed by atoms with Gasteiger partial charge in [0.1, 0.15) is 11.6 Å². The van der Waals surface area contributed by atoms with Crippen molar-refractivity contribution in [1.29, 1.82) is 0 Å².